The van der Waals surface area contributed by atoms with Crippen molar-refractivity contribution in [3.8, 4) is 11.1 Å². The summed E-state index contributed by atoms with van der Waals surface area (Å²) in [6.45, 7) is 6.68. The molecule has 240 valence electrons. The molecule has 45 heavy (non-hydrogen) atoms. The molecule has 1 unspecified atom stereocenters. The van der Waals surface area contributed by atoms with E-state index < -0.39 is 29.5 Å². The minimum absolute atomic E-state index is 0.0108. The minimum Gasteiger partial charge on any atom is -0.481 e. The molecule has 3 N–H and O–H groups in total. The van der Waals surface area contributed by atoms with Crippen molar-refractivity contribution in [1.82, 2.24) is 5.32 Å². The summed E-state index contributed by atoms with van der Waals surface area (Å²) < 4.78 is 41.7. The van der Waals surface area contributed by atoms with Gasteiger partial charge in [0.15, 0.2) is 0 Å². The van der Waals surface area contributed by atoms with E-state index in [1.807, 2.05) is 0 Å². The Morgan fingerprint density at radius 1 is 0.867 bits per heavy atom. The van der Waals surface area contributed by atoms with Gasteiger partial charge in [-0.25, -0.2) is 0 Å². The fraction of sp³-hybridized carbons (Fsp3) is 0.417. The van der Waals surface area contributed by atoms with Gasteiger partial charge < -0.3 is 15.7 Å². The third-order valence-corrected chi connectivity index (χ3v) is 8.83. The molecule has 1 aliphatic rings. The first-order valence-electron chi connectivity index (χ1n) is 15.4. The van der Waals surface area contributed by atoms with Crippen LogP contribution in [0.25, 0.3) is 11.1 Å². The van der Waals surface area contributed by atoms with E-state index in [1.54, 1.807) is 60.7 Å². The van der Waals surface area contributed by atoms with Crippen LogP contribution >= 0.6 is 0 Å². The van der Waals surface area contributed by atoms with Crippen molar-refractivity contribution in [2.45, 2.75) is 65.5 Å². The Morgan fingerprint density at radius 2 is 1.51 bits per heavy atom. The molecule has 9 heteroatoms. The van der Waals surface area contributed by atoms with Gasteiger partial charge in [0.1, 0.15) is 0 Å². The number of carboxylic acid groups (broad SMARTS) is 1. The van der Waals surface area contributed by atoms with E-state index >= 15 is 0 Å². The van der Waals surface area contributed by atoms with Crippen LogP contribution in [0, 0.1) is 23.2 Å². The number of amides is 2. The van der Waals surface area contributed by atoms with E-state index in [-0.39, 0.29) is 35.9 Å². The smallest absolute Gasteiger partial charge is 0.416 e. The third kappa shape index (κ3) is 9.42. The molecule has 0 bridgehead atoms. The van der Waals surface area contributed by atoms with Crippen molar-refractivity contribution in [2.75, 3.05) is 11.9 Å². The Labute approximate surface area is 262 Å². The molecule has 0 saturated heterocycles. The summed E-state index contributed by atoms with van der Waals surface area (Å²) in [6, 6.07) is 19.2. The highest BCUT2D eigenvalue weighted by atomic mass is 19.4. The highest BCUT2D eigenvalue weighted by Gasteiger charge is 2.36. The molecule has 3 aromatic rings. The zero-order chi connectivity index (χ0) is 32.8. The molecule has 0 aromatic heterocycles. The van der Waals surface area contributed by atoms with Crippen LogP contribution in [-0.2, 0) is 22.2 Å². The fourth-order valence-electron chi connectivity index (χ4n) is 6.19. The van der Waals surface area contributed by atoms with Crippen molar-refractivity contribution in [3.05, 3.63) is 89.5 Å². The Bertz CT molecular complexity index is 1470. The summed E-state index contributed by atoms with van der Waals surface area (Å²) in [5.74, 6) is -1.65. The number of rotatable bonds is 10. The van der Waals surface area contributed by atoms with Crippen LogP contribution < -0.4 is 10.6 Å². The van der Waals surface area contributed by atoms with Crippen molar-refractivity contribution in [1.29, 1.82) is 0 Å². The van der Waals surface area contributed by atoms with Gasteiger partial charge in [0.2, 0.25) is 5.91 Å². The molecule has 0 radical (unpaired) electrons. The van der Waals surface area contributed by atoms with Gasteiger partial charge in [0, 0.05) is 23.7 Å². The molecule has 1 saturated carbocycles. The molecule has 2 amide bonds. The normalized spacial score (nSPS) is 17.7. The van der Waals surface area contributed by atoms with E-state index in [2.05, 4.69) is 31.4 Å². The second kappa shape index (κ2) is 14.3. The summed E-state index contributed by atoms with van der Waals surface area (Å²) in [7, 11) is 0. The van der Waals surface area contributed by atoms with Gasteiger partial charge in [-0.05, 0) is 96.4 Å². The number of carbonyl (C=O) groups excluding carboxylic acids is 2. The van der Waals surface area contributed by atoms with Crippen molar-refractivity contribution in [3.63, 3.8) is 0 Å². The second-order valence-electron chi connectivity index (χ2n) is 13.0. The highest BCUT2D eigenvalue weighted by Crippen LogP contribution is 2.43. The standard InChI is InChI=1S/C36H41F3N2O4/c1-35(2,3)28-15-13-25(14-16-28)31(19-23-9-11-26(12-10-23)33(44)40-18-17-32(42)43)34(45)41-30-21-27(24-7-5-4-6-8-24)20-29(22-30)36(37,38)39/h4-12,20-22,25,28,31H,13-19H2,1-3H3,(H,40,44)(H,41,45)(H,42,43). The monoisotopic (exact) mass is 622 g/mol. The Morgan fingerprint density at radius 3 is 2.09 bits per heavy atom. The Kier molecular flexibility index (Phi) is 10.7. The number of halogens is 3. The maximum absolute atomic E-state index is 13.9. The lowest BCUT2D eigenvalue weighted by atomic mass is 9.66. The second-order valence-corrected chi connectivity index (χ2v) is 13.0. The SMILES string of the molecule is CC(C)(C)C1CCC(C(Cc2ccc(C(=O)NCCC(=O)O)cc2)C(=O)Nc2cc(-c3ccccc3)cc(C(F)(F)F)c2)CC1. The zero-order valence-corrected chi connectivity index (χ0v) is 25.9. The van der Waals surface area contributed by atoms with E-state index in [1.165, 1.54) is 0 Å². The van der Waals surface area contributed by atoms with Crippen LogP contribution in [0.5, 0.6) is 0 Å². The Balaban J connectivity index is 1.58. The molecule has 1 aliphatic carbocycles. The van der Waals surface area contributed by atoms with E-state index in [0.717, 1.165) is 43.4 Å². The predicted octanol–water partition coefficient (Wildman–Crippen LogP) is 8.23. The first-order chi connectivity index (χ1) is 21.2. The van der Waals surface area contributed by atoms with Crippen LogP contribution in [0.1, 0.15) is 74.4 Å². The van der Waals surface area contributed by atoms with Crippen LogP contribution in [0.2, 0.25) is 0 Å². The average Bonchev–Trinajstić information content (AvgIpc) is 2.99. The summed E-state index contributed by atoms with van der Waals surface area (Å²) in [6.07, 6.45) is -0.802. The van der Waals surface area contributed by atoms with Gasteiger partial charge in [-0.3, -0.25) is 14.4 Å². The van der Waals surface area contributed by atoms with Gasteiger partial charge in [-0.15, -0.1) is 0 Å². The summed E-state index contributed by atoms with van der Waals surface area (Å²) in [5.41, 5.74) is 1.57. The van der Waals surface area contributed by atoms with Gasteiger partial charge in [0.05, 0.1) is 12.0 Å². The Hall–Kier alpha value is -4.14. The molecule has 0 aliphatic heterocycles. The van der Waals surface area contributed by atoms with Crippen LogP contribution in [0.15, 0.2) is 72.8 Å². The summed E-state index contributed by atoms with van der Waals surface area (Å²) >= 11 is 0. The van der Waals surface area contributed by atoms with Crippen LogP contribution in [0.4, 0.5) is 18.9 Å². The predicted molar refractivity (Wildman–Crippen MR) is 169 cm³/mol. The quantitative estimate of drug-likeness (QED) is 0.212. The molecule has 3 aromatic carbocycles. The number of hydrogen-bond acceptors (Lipinski definition) is 3. The number of carbonyl (C=O) groups is 3. The molecular weight excluding hydrogens is 581 g/mol. The lowest BCUT2D eigenvalue weighted by molar-refractivity contribution is -0.138. The molecule has 6 nitrogen and oxygen atoms in total. The first-order valence-corrected chi connectivity index (χ1v) is 15.4. The van der Waals surface area contributed by atoms with Gasteiger partial charge in [0.25, 0.3) is 5.91 Å². The van der Waals surface area contributed by atoms with Gasteiger partial charge >= 0.3 is 12.1 Å². The molecule has 1 fully saturated rings. The molecular formula is C36H41F3N2O4. The lowest BCUT2D eigenvalue weighted by Gasteiger charge is -2.39. The van der Waals surface area contributed by atoms with Crippen LogP contribution in [0.3, 0.4) is 0 Å². The summed E-state index contributed by atoms with van der Waals surface area (Å²) in [4.78, 5) is 37.1. The van der Waals surface area contributed by atoms with Gasteiger partial charge in [-0.1, -0.05) is 63.2 Å². The van der Waals surface area contributed by atoms with Gasteiger partial charge in [-0.2, -0.15) is 13.2 Å². The number of hydrogen-bond donors (Lipinski definition) is 3. The largest absolute Gasteiger partial charge is 0.481 e. The first kappa shape index (κ1) is 33.7. The maximum atomic E-state index is 13.9. The number of alkyl halides is 3. The number of benzene rings is 3. The van der Waals surface area contributed by atoms with Crippen molar-refractivity contribution < 1.29 is 32.7 Å². The van der Waals surface area contributed by atoms with Crippen molar-refractivity contribution >= 4 is 23.5 Å². The third-order valence-electron chi connectivity index (χ3n) is 8.83. The van der Waals surface area contributed by atoms with E-state index in [9.17, 15) is 27.6 Å². The topological polar surface area (TPSA) is 95.5 Å². The fourth-order valence-corrected chi connectivity index (χ4v) is 6.19. The highest BCUT2D eigenvalue weighted by molar-refractivity contribution is 5.95. The molecule has 0 heterocycles. The van der Waals surface area contributed by atoms with E-state index in [4.69, 9.17) is 5.11 Å². The van der Waals surface area contributed by atoms with Crippen LogP contribution in [-0.4, -0.2) is 29.4 Å². The van der Waals surface area contributed by atoms with Crippen molar-refractivity contribution in [2.24, 2.45) is 23.2 Å². The minimum atomic E-state index is -4.59. The number of aliphatic carboxylic acids is 1. The number of carboxylic acids is 1. The number of nitrogens with one attached hydrogen (secondary N) is 2. The zero-order valence-electron chi connectivity index (χ0n) is 25.9. The molecule has 1 atom stereocenters. The summed E-state index contributed by atoms with van der Waals surface area (Å²) in [5, 5.41) is 14.2. The molecule has 4 rings (SSSR count). The number of anilines is 1. The maximum Gasteiger partial charge on any atom is 0.416 e. The lowest BCUT2D eigenvalue weighted by Crippen LogP contribution is -2.35. The van der Waals surface area contributed by atoms with E-state index in [0.29, 0.717) is 29.0 Å². The molecule has 0 spiro atoms. The average molecular weight is 623 g/mol.